The summed E-state index contributed by atoms with van der Waals surface area (Å²) in [6.45, 7) is 1.33. The van der Waals surface area contributed by atoms with Crippen molar-refractivity contribution in [1.29, 1.82) is 0 Å². The number of imidazole rings is 1. The number of nitrogens with zero attached hydrogens (tertiary/aromatic N) is 5. The van der Waals surface area contributed by atoms with Gasteiger partial charge in [-0.25, -0.2) is 19.3 Å². The number of benzene rings is 1. The molecule has 4 heterocycles. The van der Waals surface area contributed by atoms with Crippen LogP contribution in [0.1, 0.15) is 29.8 Å². The molecular weight excluding hydrogens is 393 g/mol. The number of carbonyl (C=O) groups excluding carboxylic acids is 1. The average molecular weight is 415 g/mol. The summed E-state index contributed by atoms with van der Waals surface area (Å²) in [4.78, 5) is 28.3. The topological polar surface area (TPSA) is 63.9 Å². The Morgan fingerprint density at radius 2 is 1.97 bits per heavy atom. The fourth-order valence-electron chi connectivity index (χ4n) is 4.23. The van der Waals surface area contributed by atoms with Crippen molar-refractivity contribution < 1.29 is 9.18 Å². The number of carbonyl (C=O) groups is 1. The van der Waals surface area contributed by atoms with Crippen molar-refractivity contribution in [1.82, 2.24) is 24.4 Å². The molecule has 6 nitrogen and oxygen atoms in total. The maximum atomic E-state index is 13.3. The smallest absolute Gasteiger partial charge is 0.272 e. The Labute approximate surface area is 179 Å². The first kappa shape index (κ1) is 19.4. The van der Waals surface area contributed by atoms with Gasteiger partial charge in [-0.2, -0.15) is 0 Å². The van der Waals surface area contributed by atoms with Crippen LogP contribution in [0.3, 0.4) is 0 Å². The van der Waals surface area contributed by atoms with Gasteiger partial charge in [0.2, 0.25) is 0 Å². The standard InChI is InChI=1S/C24H22FN5O/c25-19-9-6-17(7-10-19)22-14-26-16-29(22)15-20-5-1-2-13-30(20)24(31)21-11-8-18-4-3-12-27-23(18)28-21/h3-4,6-12,14,16,20H,1-2,5,13,15H2. The number of rotatable bonds is 4. The molecule has 0 bridgehead atoms. The van der Waals surface area contributed by atoms with E-state index in [0.29, 0.717) is 24.4 Å². The van der Waals surface area contributed by atoms with Crippen molar-refractivity contribution in [2.75, 3.05) is 6.54 Å². The van der Waals surface area contributed by atoms with E-state index in [-0.39, 0.29) is 17.8 Å². The van der Waals surface area contributed by atoms with E-state index in [4.69, 9.17) is 0 Å². The van der Waals surface area contributed by atoms with E-state index in [1.165, 1.54) is 12.1 Å². The third-order valence-electron chi connectivity index (χ3n) is 5.83. The van der Waals surface area contributed by atoms with E-state index in [1.807, 2.05) is 27.7 Å². The lowest BCUT2D eigenvalue weighted by Gasteiger charge is -2.36. The zero-order chi connectivity index (χ0) is 21.2. The summed E-state index contributed by atoms with van der Waals surface area (Å²) in [5.41, 5.74) is 2.80. The maximum Gasteiger partial charge on any atom is 0.272 e. The number of hydrogen-bond acceptors (Lipinski definition) is 4. The molecule has 1 amide bonds. The number of hydrogen-bond donors (Lipinski definition) is 0. The molecule has 1 aromatic carbocycles. The molecule has 3 aromatic heterocycles. The van der Waals surface area contributed by atoms with Crippen LogP contribution in [0.25, 0.3) is 22.3 Å². The quantitative estimate of drug-likeness (QED) is 0.498. The van der Waals surface area contributed by atoms with Crippen LogP contribution in [0.4, 0.5) is 4.39 Å². The number of amides is 1. The molecule has 0 aliphatic carbocycles. The zero-order valence-electron chi connectivity index (χ0n) is 17.0. The highest BCUT2D eigenvalue weighted by Gasteiger charge is 2.29. The Morgan fingerprint density at radius 3 is 2.84 bits per heavy atom. The van der Waals surface area contributed by atoms with Crippen LogP contribution in [0.2, 0.25) is 0 Å². The maximum absolute atomic E-state index is 13.3. The average Bonchev–Trinajstić information content (AvgIpc) is 3.27. The normalized spacial score (nSPS) is 16.5. The molecule has 156 valence electrons. The van der Waals surface area contributed by atoms with Gasteiger partial charge in [0.1, 0.15) is 11.5 Å². The minimum atomic E-state index is -0.267. The third kappa shape index (κ3) is 3.91. The fourth-order valence-corrected chi connectivity index (χ4v) is 4.23. The molecule has 1 unspecified atom stereocenters. The molecular formula is C24H22FN5O. The first-order chi connectivity index (χ1) is 15.2. The van der Waals surface area contributed by atoms with Gasteiger partial charge in [0.25, 0.3) is 5.91 Å². The number of fused-ring (bicyclic) bond motifs is 1. The summed E-state index contributed by atoms with van der Waals surface area (Å²) in [6.07, 6.45) is 8.19. The lowest BCUT2D eigenvalue weighted by Crippen LogP contribution is -2.46. The van der Waals surface area contributed by atoms with Crippen LogP contribution < -0.4 is 0 Å². The van der Waals surface area contributed by atoms with E-state index in [0.717, 1.165) is 35.9 Å². The van der Waals surface area contributed by atoms with E-state index < -0.39 is 0 Å². The van der Waals surface area contributed by atoms with Crippen LogP contribution in [0, 0.1) is 5.82 Å². The molecule has 0 radical (unpaired) electrons. The first-order valence-electron chi connectivity index (χ1n) is 10.5. The summed E-state index contributed by atoms with van der Waals surface area (Å²) in [5, 5.41) is 0.914. The highest BCUT2D eigenvalue weighted by molar-refractivity contribution is 5.94. The van der Waals surface area contributed by atoms with E-state index in [2.05, 4.69) is 15.0 Å². The molecule has 1 fully saturated rings. The minimum Gasteiger partial charge on any atom is -0.333 e. The predicted molar refractivity (Wildman–Crippen MR) is 116 cm³/mol. The molecule has 5 rings (SSSR count). The van der Waals surface area contributed by atoms with Gasteiger partial charge in [-0.3, -0.25) is 4.79 Å². The second-order valence-corrected chi connectivity index (χ2v) is 7.83. The molecule has 1 aliphatic rings. The van der Waals surface area contributed by atoms with E-state index in [9.17, 15) is 9.18 Å². The molecule has 1 aliphatic heterocycles. The summed E-state index contributed by atoms with van der Waals surface area (Å²) in [7, 11) is 0. The molecule has 7 heteroatoms. The van der Waals surface area contributed by atoms with Crippen molar-refractivity contribution in [3.63, 3.8) is 0 Å². The third-order valence-corrected chi connectivity index (χ3v) is 5.83. The van der Waals surface area contributed by atoms with Crippen molar-refractivity contribution in [2.24, 2.45) is 0 Å². The van der Waals surface area contributed by atoms with Gasteiger partial charge >= 0.3 is 0 Å². The molecule has 1 atom stereocenters. The number of pyridine rings is 2. The highest BCUT2D eigenvalue weighted by Crippen LogP contribution is 2.25. The molecule has 4 aromatic rings. The highest BCUT2D eigenvalue weighted by atomic mass is 19.1. The van der Waals surface area contributed by atoms with Crippen molar-refractivity contribution in [3.05, 3.63) is 78.8 Å². The Kier molecular flexibility index (Phi) is 5.16. The SMILES string of the molecule is O=C(c1ccc2cccnc2n1)N1CCCCC1Cn1cncc1-c1ccc(F)cc1. The second kappa shape index (κ2) is 8.26. The van der Waals surface area contributed by atoms with E-state index >= 15 is 0 Å². The number of likely N-dealkylation sites (tertiary alicyclic amines) is 1. The number of halogens is 1. The molecule has 31 heavy (non-hydrogen) atoms. The van der Waals surface area contributed by atoms with Crippen LogP contribution in [-0.4, -0.2) is 42.9 Å². The Bertz CT molecular complexity index is 1220. The van der Waals surface area contributed by atoms with Gasteiger partial charge in [-0.15, -0.1) is 0 Å². The summed E-state index contributed by atoms with van der Waals surface area (Å²) < 4.78 is 15.4. The summed E-state index contributed by atoms with van der Waals surface area (Å²) in [6, 6.07) is 13.9. The number of piperidine rings is 1. The molecule has 0 N–H and O–H groups in total. The molecule has 1 saturated heterocycles. The van der Waals surface area contributed by atoms with Gasteiger partial charge in [0, 0.05) is 24.7 Å². The Morgan fingerprint density at radius 1 is 1.10 bits per heavy atom. The lowest BCUT2D eigenvalue weighted by atomic mass is 10.0. The lowest BCUT2D eigenvalue weighted by molar-refractivity contribution is 0.0584. The summed E-state index contributed by atoms with van der Waals surface area (Å²) >= 11 is 0. The van der Waals surface area contributed by atoms with E-state index in [1.54, 1.807) is 36.9 Å². The van der Waals surface area contributed by atoms with Crippen LogP contribution in [0.15, 0.2) is 67.3 Å². The second-order valence-electron chi connectivity index (χ2n) is 7.83. The van der Waals surface area contributed by atoms with Gasteiger partial charge in [-0.05, 0) is 73.4 Å². The monoisotopic (exact) mass is 415 g/mol. The molecule has 0 saturated carbocycles. The summed E-state index contributed by atoms with van der Waals surface area (Å²) in [5.74, 6) is -0.336. The van der Waals surface area contributed by atoms with Crippen LogP contribution in [0.5, 0.6) is 0 Å². The van der Waals surface area contributed by atoms with Crippen LogP contribution in [-0.2, 0) is 6.54 Å². The van der Waals surface area contributed by atoms with Gasteiger partial charge in [0.15, 0.2) is 5.65 Å². The van der Waals surface area contributed by atoms with Gasteiger partial charge in [-0.1, -0.05) is 0 Å². The van der Waals surface area contributed by atoms with Crippen molar-refractivity contribution >= 4 is 16.9 Å². The van der Waals surface area contributed by atoms with Gasteiger partial charge in [0.05, 0.1) is 24.3 Å². The predicted octanol–water partition coefficient (Wildman–Crippen LogP) is 4.33. The molecule has 0 spiro atoms. The zero-order valence-corrected chi connectivity index (χ0v) is 17.0. The van der Waals surface area contributed by atoms with Gasteiger partial charge < -0.3 is 9.47 Å². The Hall–Kier alpha value is -3.61. The van der Waals surface area contributed by atoms with Crippen LogP contribution >= 0.6 is 0 Å². The largest absolute Gasteiger partial charge is 0.333 e. The fraction of sp³-hybridized carbons (Fsp3) is 0.250. The Balaban J connectivity index is 1.40. The minimum absolute atomic E-state index is 0.0378. The number of aromatic nitrogens is 4. The first-order valence-corrected chi connectivity index (χ1v) is 10.5. The van der Waals surface area contributed by atoms with Crippen molar-refractivity contribution in [2.45, 2.75) is 31.8 Å². The van der Waals surface area contributed by atoms with Crippen molar-refractivity contribution in [3.8, 4) is 11.3 Å².